The normalized spacial score (nSPS) is 10.7. The van der Waals surface area contributed by atoms with Gasteiger partial charge in [-0.3, -0.25) is 4.79 Å². The summed E-state index contributed by atoms with van der Waals surface area (Å²) in [5, 5.41) is 3.38. The predicted octanol–water partition coefficient (Wildman–Crippen LogP) is 4.32. The maximum atomic E-state index is 10.8. The van der Waals surface area contributed by atoms with Gasteiger partial charge in [-0.2, -0.15) is 0 Å². The van der Waals surface area contributed by atoms with Crippen LogP contribution < -0.4 is 9.47 Å². The average molecular weight is 326 g/mol. The number of methoxy groups -OCH3 is 1. The van der Waals surface area contributed by atoms with E-state index in [1.54, 1.807) is 23.5 Å². The van der Waals surface area contributed by atoms with Crippen LogP contribution in [0.4, 0.5) is 0 Å². The summed E-state index contributed by atoms with van der Waals surface area (Å²) in [6.07, 6.45) is 0.716. The van der Waals surface area contributed by atoms with Gasteiger partial charge in [0.05, 0.1) is 22.8 Å². The number of aromatic nitrogens is 1. The van der Waals surface area contributed by atoms with Crippen molar-refractivity contribution in [3.8, 4) is 11.5 Å². The molecule has 0 amide bonds. The molecule has 6 heteroatoms. The first-order valence-corrected chi connectivity index (χ1v) is 7.70. The van der Waals surface area contributed by atoms with E-state index in [-0.39, 0.29) is 0 Å². The lowest BCUT2D eigenvalue weighted by Gasteiger charge is -2.12. The van der Waals surface area contributed by atoms with Gasteiger partial charge in [-0.15, -0.1) is 11.3 Å². The van der Waals surface area contributed by atoms with E-state index in [0.29, 0.717) is 40.9 Å². The molecule has 0 spiro atoms. The fraction of sp³-hybridized carbons (Fsp3) is 0.333. The molecule has 0 saturated heterocycles. The van der Waals surface area contributed by atoms with Crippen molar-refractivity contribution in [1.82, 2.24) is 4.98 Å². The van der Waals surface area contributed by atoms with E-state index in [1.807, 2.05) is 5.38 Å². The van der Waals surface area contributed by atoms with E-state index in [0.717, 1.165) is 10.7 Å². The molecular formula is C15H16ClNO3S. The molecule has 2 rings (SSSR count). The SMILES string of the molecule is COc1cc(C=O)cc(Cl)c1OCc1csc(C(C)C)n1. The van der Waals surface area contributed by atoms with Crippen molar-refractivity contribution in [1.29, 1.82) is 0 Å². The van der Waals surface area contributed by atoms with Crippen molar-refractivity contribution in [2.45, 2.75) is 26.4 Å². The molecule has 21 heavy (non-hydrogen) atoms. The van der Waals surface area contributed by atoms with Gasteiger partial charge in [-0.25, -0.2) is 4.98 Å². The number of thiazole rings is 1. The van der Waals surface area contributed by atoms with E-state index in [1.165, 1.54) is 7.11 Å². The van der Waals surface area contributed by atoms with Crippen molar-refractivity contribution in [2.75, 3.05) is 7.11 Å². The highest BCUT2D eigenvalue weighted by Crippen LogP contribution is 2.36. The number of carbonyl (C=O) groups excluding carboxylic acids is 1. The monoisotopic (exact) mass is 325 g/mol. The lowest BCUT2D eigenvalue weighted by molar-refractivity contribution is 0.112. The largest absolute Gasteiger partial charge is 0.493 e. The van der Waals surface area contributed by atoms with Crippen LogP contribution in [0, 0.1) is 0 Å². The number of halogens is 1. The highest BCUT2D eigenvalue weighted by Gasteiger charge is 2.13. The number of hydrogen-bond donors (Lipinski definition) is 0. The Morgan fingerprint density at radius 3 is 2.76 bits per heavy atom. The summed E-state index contributed by atoms with van der Waals surface area (Å²) < 4.78 is 10.9. The third-order valence-electron chi connectivity index (χ3n) is 2.82. The van der Waals surface area contributed by atoms with E-state index in [9.17, 15) is 4.79 Å². The van der Waals surface area contributed by atoms with Crippen LogP contribution in [0.3, 0.4) is 0 Å². The molecule has 0 radical (unpaired) electrons. The number of carbonyl (C=O) groups is 1. The van der Waals surface area contributed by atoms with E-state index < -0.39 is 0 Å². The topological polar surface area (TPSA) is 48.4 Å². The minimum Gasteiger partial charge on any atom is -0.493 e. The molecular weight excluding hydrogens is 310 g/mol. The fourth-order valence-electron chi connectivity index (χ4n) is 1.75. The molecule has 1 aromatic heterocycles. The molecule has 0 atom stereocenters. The Kier molecular flexibility index (Phi) is 5.20. The van der Waals surface area contributed by atoms with Crippen LogP contribution in [0.25, 0.3) is 0 Å². The quantitative estimate of drug-likeness (QED) is 0.742. The van der Waals surface area contributed by atoms with Gasteiger partial charge in [0, 0.05) is 16.9 Å². The van der Waals surface area contributed by atoms with Gasteiger partial charge in [0.1, 0.15) is 12.9 Å². The molecule has 0 aliphatic heterocycles. The average Bonchev–Trinajstić information content (AvgIpc) is 2.94. The maximum absolute atomic E-state index is 10.8. The Morgan fingerprint density at radius 1 is 1.43 bits per heavy atom. The van der Waals surface area contributed by atoms with Gasteiger partial charge < -0.3 is 9.47 Å². The number of nitrogens with zero attached hydrogens (tertiary/aromatic N) is 1. The Morgan fingerprint density at radius 2 is 2.19 bits per heavy atom. The van der Waals surface area contributed by atoms with Gasteiger partial charge in [0.25, 0.3) is 0 Å². The van der Waals surface area contributed by atoms with Crippen molar-refractivity contribution < 1.29 is 14.3 Å². The smallest absolute Gasteiger partial charge is 0.180 e. The Bertz CT molecular complexity index is 640. The van der Waals surface area contributed by atoms with Gasteiger partial charge in [0.15, 0.2) is 11.5 Å². The van der Waals surface area contributed by atoms with Crippen LogP contribution >= 0.6 is 22.9 Å². The standard InChI is InChI=1S/C15H16ClNO3S/c1-9(2)15-17-11(8-21-15)7-20-14-12(16)4-10(6-18)5-13(14)19-3/h4-6,8-9H,7H2,1-3H3. The lowest BCUT2D eigenvalue weighted by Crippen LogP contribution is -2.00. The van der Waals surface area contributed by atoms with E-state index in [2.05, 4.69) is 18.8 Å². The Balaban J connectivity index is 2.17. The van der Waals surface area contributed by atoms with Crippen LogP contribution in [-0.4, -0.2) is 18.4 Å². The van der Waals surface area contributed by atoms with E-state index in [4.69, 9.17) is 21.1 Å². The summed E-state index contributed by atoms with van der Waals surface area (Å²) in [6.45, 7) is 4.50. The zero-order chi connectivity index (χ0) is 15.4. The number of benzene rings is 1. The van der Waals surface area contributed by atoms with Crippen molar-refractivity contribution in [3.63, 3.8) is 0 Å². The van der Waals surface area contributed by atoms with Gasteiger partial charge >= 0.3 is 0 Å². The van der Waals surface area contributed by atoms with Crippen LogP contribution in [-0.2, 0) is 6.61 Å². The molecule has 0 unspecified atom stereocenters. The second-order valence-corrected chi connectivity index (χ2v) is 6.07. The third kappa shape index (κ3) is 3.74. The summed E-state index contributed by atoms with van der Waals surface area (Å²) in [6, 6.07) is 3.14. The first-order valence-electron chi connectivity index (χ1n) is 6.45. The highest BCUT2D eigenvalue weighted by molar-refractivity contribution is 7.09. The molecule has 2 aromatic rings. The highest BCUT2D eigenvalue weighted by atomic mass is 35.5. The summed E-state index contributed by atoms with van der Waals surface area (Å²) in [5.74, 6) is 1.25. The van der Waals surface area contributed by atoms with Crippen molar-refractivity contribution >= 4 is 29.2 Å². The molecule has 1 aromatic carbocycles. The minimum absolute atomic E-state index is 0.305. The molecule has 112 valence electrons. The molecule has 0 bridgehead atoms. The minimum atomic E-state index is 0.305. The molecule has 0 N–H and O–H groups in total. The fourth-order valence-corrected chi connectivity index (χ4v) is 2.84. The maximum Gasteiger partial charge on any atom is 0.180 e. The summed E-state index contributed by atoms with van der Waals surface area (Å²) in [5.41, 5.74) is 1.29. The van der Waals surface area contributed by atoms with Crippen LogP contribution in [0.15, 0.2) is 17.5 Å². The second kappa shape index (κ2) is 6.91. The van der Waals surface area contributed by atoms with Gasteiger partial charge in [0.2, 0.25) is 0 Å². The molecule has 4 nitrogen and oxygen atoms in total. The van der Waals surface area contributed by atoms with Gasteiger partial charge in [-0.05, 0) is 12.1 Å². The summed E-state index contributed by atoms with van der Waals surface area (Å²) in [7, 11) is 1.51. The Labute approximate surface area is 132 Å². The summed E-state index contributed by atoms with van der Waals surface area (Å²) in [4.78, 5) is 15.3. The number of aldehydes is 1. The number of rotatable bonds is 6. The molecule has 0 fully saturated rings. The van der Waals surface area contributed by atoms with Gasteiger partial charge in [-0.1, -0.05) is 25.4 Å². The molecule has 0 aliphatic carbocycles. The molecule has 0 saturated carbocycles. The third-order valence-corrected chi connectivity index (χ3v) is 4.29. The zero-order valence-electron chi connectivity index (χ0n) is 12.1. The Hall–Kier alpha value is -1.59. The van der Waals surface area contributed by atoms with Crippen LogP contribution in [0.5, 0.6) is 11.5 Å². The van der Waals surface area contributed by atoms with E-state index >= 15 is 0 Å². The van der Waals surface area contributed by atoms with Crippen molar-refractivity contribution in [3.05, 3.63) is 38.8 Å². The summed E-state index contributed by atoms with van der Waals surface area (Å²) >= 11 is 7.74. The number of ether oxygens (including phenoxy) is 2. The molecule has 0 aliphatic rings. The second-order valence-electron chi connectivity index (χ2n) is 4.77. The number of hydrogen-bond acceptors (Lipinski definition) is 5. The first kappa shape index (κ1) is 15.8. The lowest BCUT2D eigenvalue weighted by atomic mass is 10.2. The van der Waals surface area contributed by atoms with Crippen LogP contribution in [0.1, 0.15) is 40.8 Å². The van der Waals surface area contributed by atoms with Crippen LogP contribution in [0.2, 0.25) is 5.02 Å². The first-order chi connectivity index (χ1) is 10.0. The van der Waals surface area contributed by atoms with Crippen molar-refractivity contribution in [2.24, 2.45) is 0 Å². The molecule has 1 heterocycles. The predicted molar refractivity (Wildman–Crippen MR) is 83.9 cm³/mol. The zero-order valence-corrected chi connectivity index (χ0v) is 13.6.